The number of carboxylic acid groups (broad SMARTS) is 2. The second-order valence-electron chi connectivity index (χ2n) is 6.14. The van der Waals surface area contributed by atoms with Crippen molar-refractivity contribution < 1.29 is 24.9 Å². The molecule has 0 bridgehead atoms. The van der Waals surface area contributed by atoms with Gasteiger partial charge in [-0.2, -0.15) is 0 Å². The van der Waals surface area contributed by atoms with Crippen molar-refractivity contribution in [2.24, 2.45) is 5.41 Å². The van der Waals surface area contributed by atoms with Gasteiger partial charge in [-0.3, -0.25) is 4.79 Å². The van der Waals surface area contributed by atoms with Gasteiger partial charge >= 0.3 is 11.9 Å². The van der Waals surface area contributed by atoms with Crippen LogP contribution in [0.4, 0.5) is 0 Å². The Hall–Kier alpha value is -3.34. The monoisotopic (exact) mass is 352 g/mol. The lowest BCUT2D eigenvalue weighted by atomic mass is 9.80. The summed E-state index contributed by atoms with van der Waals surface area (Å²) >= 11 is 0. The van der Waals surface area contributed by atoms with Crippen molar-refractivity contribution >= 4 is 11.9 Å². The van der Waals surface area contributed by atoms with Crippen molar-refractivity contribution in [3.8, 4) is 16.9 Å². The van der Waals surface area contributed by atoms with Crippen LogP contribution in [0.5, 0.6) is 5.75 Å². The van der Waals surface area contributed by atoms with Crippen LogP contribution >= 0.6 is 0 Å². The molecule has 0 saturated carbocycles. The van der Waals surface area contributed by atoms with Gasteiger partial charge in [-0.1, -0.05) is 66.8 Å². The van der Waals surface area contributed by atoms with Crippen LogP contribution < -0.4 is 0 Å². The first-order valence-corrected chi connectivity index (χ1v) is 8.02. The zero-order valence-electron chi connectivity index (χ0n) is 14.3. The third kappa shape index (κ3) is 4.60. The van der Waals surface area contributed by atoms with Crippen molar-refractivity contribution in [2.75, 3.05) is 0 Å². The summed E-state index contributed by atoms with van der Waals surface area (Å²) in [6.45, 7) is 1.50. The minimum atomic E-state index is -1.08. The van der Waals surface area contributed by atoms with Crippen LogP contribution in [0.3, 0.4) is 0 Å². The normalized spacial score (nSPS) is 18.3. The summed E-state index contributed by atoms with van der Waals surface area (Å²) in [7, 11) is 0. The quantitative estimate of drug-likeness (QED) is 0.773. The average Bonchev–Trinajstić information content (AvgIpc) is 2.63. The van der Waals surface area contributed by atoms with E-state index in [1.807, 2.05) is 48.5 Å². The van der Waals surface area contributed by atoms with Gasteiger partial charge in [0.15, 0.2) is 0 Å². The number of para-hydroxylation sites is 1. The fraction of sp³-hybridized carbons (Fsp3) is 0.143. The standard InChI is InChI=1S/C12H10O.C9H10O4/c13-12-9-5-4-8-11(12)10-6-2-1-3-7-10;1-9(8(12)13)4-2-3-6(5-9)7(10)11/h1-9,13H;2-4H,5H2,1H3,(H,10,11)(H,12,13). The Balaban J connectivity index is 0.000000187. The van der Waals surface area contributed by atoms with Gasteiger partial charge in [-0.05, 0) is 25.0 Å². The minimum Gasteiger partial charge on any atom is -0.507 e. The molecule has 0 amide bonds. The first kappa shape index (κ1) is 19.0. The summed E-state index contributed by atoms with van der Waals surface area (Å²) in [5, 5.41) is 27.0. The molecule has 5 heteroatoms. The molecular weight excluding hydrogens is 332 g/mol. The summed E-state index contributed by atoms with van der Waals surface area (Å²) in [5.74, 6) is -1.74. The lowest BCUT2D eigenvalue weighted by Gasteiger charge is -2.23. The molecule has 2 aromatic carbocycles. The summed E-state index contributed by atoms with van der Waals surface area (Å²) in [6, 6.07) is 17.2. The number of phenolic OH excluding ortho intramolecular Hbond substituents is 1. The SMILES string of the molecule is CC1(C(=O)O)C=CC=C(C(=O)O)C1.Oc1ccccc1-c1ccccc1. The number of hydrogen-bond donors (Lipinski definition) is 3. The van der Waals surface area contributed by atoms with Crippen molar-refractivity contribution in [3.05, 3.63) is 78.4 Å². The lowest BCUT2D eigenvalue weighted by molar-refractivity contribution is -0.145. The van der Waals surface area contributed by atoms with Crippen LogP contribution in [0.25, 0.3) is 11.1 Å². The number of aromatic hydroxyl groups is 1. The first-order chi connectivity index (χ1) is 12.3. The van der Waals surface area contributed by atoms with E-state index in [0.717, 1.165) is 11.1 Å². The number of benzene rings is 2. The summed E-state index contributed by atoms with van der Waals surface area (Å²) in [6.07, 6.45) is 4.43. The van der Waals surface area contributed by atoms with E-state index in [0.29, 0.717) is 5.75 Å². The van der Waals surface area contributed by atoms with Gasteiger partial charge in [0.05, 0.1) is 5.41 Å². The number of carboxylic acids is 2. The highest BCUT2D eigenvalue weighted by molar-refractivity contribution is 5.90. The third-order valence-corrected chi connectivity index (χ3v) is 4.07. The van der Waals surface area contributed by atoms with E-state index in [9.17, 15) is 14.7 Å². The number of hydrogen-bond acceptors (Lipinski definition) is 3. The van der Waals surface area contributed by atoms with Crippen LogP contribution in [0, 0.1) is 5.41 Å². The molecule has 0 radical (unpaired) electrons. The summed E-state index contributed by atoms with van der Waals surface area (Å²) < 4.78 is 0. The molecule has 1 aliphatic rings. The van der Waals surface area contributed by atoms with E-state index in [2.05, 4.69) is 0 Å². The molecule has 0 fully saturated rings. The molecule has 2 aromatic rings. The molecule has 26 heavy (non-hydrogen) atoms. The van der Waals surface area contributed by atoms with Gasteiger partial charge in [-0.25, -0.2) is 4.79 Å². The Kier molecular flexibility index (Phi) is 5.96. The minimum absolute atomic E-state index is 0.0359. The molecule has 5 nitrogen and oxygen atoms in total. The molecule has 0 spiro atoms. The van der Waals surface area contributed by atoms with Gasteiger partial charge in [0.2, 0.25) is 0 Å². The van der Waals surface area contributed by atoms with Crippen LogP contribution in [0.2, 0.25) is 0 Å². The lowest BCUT2D eigenvalue weighted by Crippen LogP contribution is -2.28. The van der Waals surface area contributed by atoms with Gasteiger partial charge in [0, 0.05) is 11.1 Å². The Morgan fingerprint density at radius 1 is 0.962 bits per heavy atom. The van der Waals surface area contributed by atoms with Gasteiger partial charge < -0.3 is 15.3 Å². The van der Waals surface area contributed by atoms with Gasteiger partial charge in [-0.15, -0.1) is 0 Å². The molecule has 134 valence electrons. The molecule has 1 atom stereocenters. The fourth-order valence-corrected chi connectivity index (χ4v) is 2.52. The Labute approximate surface area is 151 Å². The van der Waals surface area contributed by atoms with Gasteiger partial charge in [0.25, 0.3) is 0 Å². The molecule has 0 heterocycles. The highest BCUT2D eigenvalue weighted by Gasteiger charge is 2.34. The van der Waals surface area contributed by atoms with Crippen LogP contribution in [0.1, 0.15) is 13.3 Å². The number of aliphatic carboxylic acids is 2. The maximum Gasteiger partial charge on any atom is 0.331 e. The molecule has 0 aromatic heterocycles. The molecule has 1 aliphatic carbocycles. The number of phenols is 1. The highest BCUT2D eigenvalue weighted by Crippen LogP contribution is 2.31. The summed E-state index contributed by atoms with van der Waals surface area (Å²) in [4.78, 5) is 21.3. The van der Waals surface area contributed by atoms with E-state index in [1.165, 1.54) is 25.2 Å². The van der Waals surface area contributed by atoms with E-state index in [-0.39, 0.29) is 12.0 Å². The third-order valence-electron chi connectivity index (χ3n) is 4.07. The molecular formula is C21H20O5. The molecule has 3 rings (SSSR count). The van der Waals surface area contributed by atoms with Crippen molar-refractivity contribution in [1.82, 2.24) is 0 Å². The topological polar surface area (TPSA) is 94.8 Å². The number of allylic oxidation sites excluding steroid dienone is 2. The van der Waals surface area contributed by atoms with Gasteiger partial charge in [0.1, 0.15) is 5.75 Å². The second-order valence-corrected chi connectivity index (χ2v) is 6.14. The average molecular weight is 352 g/mol. The Bertz CT molecular complexity index is 852. The maximum absolute atomic E-state index is 10.8. The fourth-order valence-electron chi connectivity index (χ4n) is 2.52. The predicted octanol–water partition coefficient (Wildman–Crippen LogP) is 4.11. The zero-order chi connectivity index (χ0) is 19.2. The van der Waals surface area contributed by atoms with Crippen molar-refractivity contribution in [3.63, 3.8) is 0 Å². The number of rotatable bonds is 3. The zero-order valence-corrected chi connectivity index (χ0v) is 14.3. The van der Waals surface area contributed by atoms with Crippen LogP contribution in [-0.4, -0.2) is 27.3 Å². The van der Waals surface area contributed by atoms with Crippen molar-refractivity contribution in [2.45, 2.75) is 13.3 Å². The van der Waals surface area contributed by atoms with E-state index in [1.54, 1.807) is 6.07 Å². The Morgan fingerprint density at radius 2 is 1.58 bits per heavy atom. The van der Waals surface area contributed by atoms with E-state index < -0.39 is 17.4 Å². The molecule has 3 N–H and O–H groups in total. The molecule has 1 unspecified atom stereocenters. The largest absolute Gasteiger partial charge is 0.507 e. The predicted molar refractivity (Wildman–Crippen MR) is 98.8 cm³/mol. The Morgan fingerprint density at radius 3 is 2.15 bits per heavy atom. The van der Waals surface area contributed by atoms with Crippen LogP contribution in [-0.2, 0) is 9.59 Å². The first-order valence-electron chi connectivity index (χ1n) is 8.02. The number of carbonyl (C=O) groups is 2. The highest BCUT2D eigenvalue weighted by atomic mass is 16.4. The smallest absolute Gasteiger partial charge is 0.331 e. The molecule has 0 saturated heterocycles. The molecule has 0 aliphatic heterocycles. The van der Waals surface area contributed by atoms with E-state index >= 15 is 0 Å². The van der Waals surface area contributed by atoms with Crippen molar-refractivity contribution in [1.29, 1.82) is 0 Å². The summed E-state index contributed by atoms with van der Waals surface area (Å²) in [5.41, 5.74) is 0.971. The van der Waals surface area contributed by atoms with Crippen LogP contribution in [0.15, 0.2) is 78.4 Å². The second kappa shape index (κ2) is 8.16. The van der Waals surface area contributed by atoms with E-state index in [4.69, 9.17) is 10.2 Å². The maximum atomic E-state index is 10.8.